The lowest BCUT2D eigenvalue weighted by Crippen LogP contribution is -2.47. The highest BCUT2D eigenvalue weighted by Crippen LogP contribution is 2.62. The zero-order valence-corrected chi connectivity index (χ0v) is 35.9. The van der Waals surface area contributed by atoms with Crippen molar-refractivity contribution >= 4 is 23.2 Å². The average molecular weight is 854 g/mol. The van der Waals surface area contributed by atoms with E-state index in [4.69, 9.17) is 9.47 Å². The van der Waals surface area contributed by atoms with Gasteiger partial charge in [0.25, 0.3) is 0 Å². The van der Waals surface area contributed by atoms with E-state index in [1.165, 1.54) is 11.1 Å². The molecule has 2 saturated carbocycles. The first-order valence-corrected chi connectivity index (χ1v) is 23.1. The Morgan fingerprint density at radius 1 is 0.915 bits per heavy atom. The third kappa shape index (κ3) is 12.8. The highest BCUT2D eigenvalue weighted by molar-refractivity contribution is 7.91. The standard InChI is InChI=1S/C46H64F5NO6S/c1-43(2,3)58-41(54)38(28-31-16-11-10-12-17-31)52-42(55)57-34-19-20-35-33(30-34)29-32(40-36(35)23-25-44(4)37(40)21-22-39(44)53)18-13-8-6-5-7-9-14-26-59(56)27-15-24-45(47,48)46(49,50)51/h10-12,16-17,19-20,30,32,36-40,53H,5-9,13-15,18,21-29H2,1-4H3,(H,52,55)/t32-,36?,37+,38?,39+,40-,44+,59?/m1/s1. The molecule has 2 aromatic carbocycles. The summed E-state index contributed by atoms with van der Waals surface area (Å²) < 4.78 is 86.9. The van der Waals surface area contributed by atoms with Gasteiger partial charge in [-0.15, -0.1) is 0 Å². The number of benzene rings is 2. The van der Waals surface area contributed by atoms with E-state index in [2.05, 4.69) is 18.3 Å². The lowest BCUT2D eigenvalue weighted by molar-refractivity contribution is -0.284. The van der Waals surface area contributed by atoms with Crippen molar-refractivity contribution in [1.29, 1.82) is 0 Å². The Morgan fingerprint density at radius 2 is 1.58 bits per heavy atom. The van der Waals surface area contributed by atoms with Crippen molar-refractivity contribution in [3.05, 3.63) is 65.2 Å². The zero-order chi connectivity index (χ0) is 43.0. The normalized spacial score (nSPS) is 25.3. The fourth-order valence-electron chi connectivity index (χ4n) is 10.0. The molecule has 2 N–H and O–H groups in total. The number of ether oxygens (including phenoxy) is 2. The Kier molecular flexibility index (Phi) is 16.2. The molecule has 5 rings (SSSR count). The van der Waals surface area contributed by atoms with E-state index in [0.29, 0.717) is 41.6 Å². The second-order valence-electron chi connectivity index (χ2n) is 18.5. The number of aliphatic hydroxyl groups is 1. The maximum atomic E-state index is 13.3. The first kappa shape index (κ1) is 47.2. The summed E-state index contributed by atoms with van der Waals surface area (Å²) in [5, 5.41) is 13.9. The topological polar surface area (TPSA) is 108 Å². The van der Waals surface area contributed by atoms with E-state index in [0.717, 1.165) is 82.6 Å². The molecule has 0 aliphatic heterocycles. The van der Waals surface area contributed by atoms with Crippen molar-refractivity contribution in [2.75, 3.05) is 11.5 Å². The van der Waals surface area contributed by atoms with Gasteiger partial charge in [-0.2, -0.15) is 22.0 Å². The van der Waals surface area contributed by atoms with Gasteiger partial charge in [0, 0.05) is 12.8 Å². The van der Waals surface area contributed by atoms with Crippen LogP contribution in [0.3, 0.4) is 0 Å². The molecule has 0 heterocycles. The van der Waals surface area contributed by atoms with Gasteiger partial charge in [-0.25, -0.2) is 9.59 Å². The largest absolute Gasteiger partial charge is 0.616 e. The molecule has 8 atom stereocenters. The van der Waals surface area contributed by atoms with Crippen LogP contribution in [-0.2, 0) is 33.5 Å². The molecule has 0 saturated heterocycles. The van der Waals surface area contributed by atoms with Crippen molar-refractivity contribution in [2.24, 2.45) is 23.2 Å². The Balaban J connectivity index is 1.14. The lowest BCUT2D eigenvalue weighted by atomic mass is 9.52. The van der Waals surface area contributed by atoms with Crippen LogP contribution in [0.4, 0.5) is 26.7 Å². The van der Waals surface area contributed by atoms with Crippen LogP contribution in [0.15, 0.2) is 48.5 Å². The highest BCUT2D eigenvalue weighted by atomic mass is 32.2. The highest BCUT2D eigenvalue weighted by Gasteiger charge is 2.57. The Hall–Kier alpha value is -2.90. The van der Waals surface area contributed by atoms with Crippen LogP contribution in [0.25, 0.3) is 0 Å². The van der Waals surface area contributed by atoms with Crippen molar-refractivity contribution < 1.29 is 50.7 Å². The van der Waals surface area contributed by atoms with Crippen molar-refractivity contribution in [2.45, 2.75) is 166 Å². The average Bonchev–Trinajstić information content (AvgIpc) is 3.46. The van der Waals surface area contributed by atoms with Gasteiger partial charge in [0.05, 0.1) is 6.10 Å². The van der Waals surface area contributed by atoms with Gasteiger partial charge in [-0.05, 0) is 136 Å². The van der Waals surface area contributed by atoms with E-state index in [1.807, 2.05) is 42.5 Å². The first-order chi connectivity index (χ1) is 27.8. The minimum Gasteiger partial charge on any atom is -0.616 e. The summed E-state index contributed by atoms with van der Waals surface area (Å²) in [6.45, 7) is 7.63. The molecular weight excluding hydrogens is 790 g/mol. The van der Waals surface area contributed by atoms with Crippen molar-refractivity contribution in [1.82, 2.24) is 5.32 Å². The number of aliphatic hydroxyl groups excluding tert-OH is 1. The lowest BCUT2D eigenvalue weighted by Gasteiger charge is -2.53. The van der Waals surface area contributed by atoms with Gasteiger partial charge in [-0.1, -0.05) is 86.6 Å². The van der Waals surface area contributed by atoms with Crippen LogP contribution in [-0.4, -0.2) is 63.1 Å². The second-order valence-corrected chi connectivity index (χ2v) is 20.2. The molecule has 0 aromatic heterocycles. The fourth-order valence-corrected chi connectivity index (χ4v) is 11.2. The van der Waals surface area contributed by atoms with Crippen LogP contribution >= 0.6 is 0 Å². The minimum atomic E-state index is -5.57. The monoisotopic (exact) mass is 853 g/mol. The molecule has 2 fully saturated rings. The minimum absolute atomic E-state index is 0.0830. The third-order valence-electron chi connectivity index (χ3n) is 13.0. The summed E-state index contributed by atoms with van der Waals surface area (Å²) in [5.74, 6) is -3.00. The Bertz CT molecular complexity index is 1670. The third-order valence-corrected chi connectivity index (χ3v) is 14.5. The van der Waals surface area contributed by atoms with Crippen LogP contribution in [0.2, 0.25) is 0 Å². The second kappa shape index (κ2) is 20.3. The molecule has 1 amide bonds. The van der Waals surface area contributed by atoms with Crippen LogP contribution < -0.4 is 10.1 Å². The summed E-state index contributed by atoms with van der Waals surface area (Å²) >= 11 is -1.40. The van der Waals surface area contributed by atoms with Gasteiger partial charge in [-0.3, -0.25) is 0 Å². The zero-order valence-electron chi connectivity index (χ0n) is 35.1. The van der Waals surface area contributed by atoms with E-state index < -0.39 is 59.8 Å². The number of hydrogen-bond acceptors (Lipinski definition) is 6. The fraction of sp³-hybridized carbons (Fsp3) is 0.696. The Labute approximate surface area is 350 Å². The molecule has 3 aliphatic carbocycles. The molecule has 0 radical (unpaired) electrons. The first-order valence-electron chi connectivity index (χ1n) is 21.6. The number of esters is 1. The van der Waals surface area contributed by atoms with Crippen molar-refractivity contribution in [3.8, 4) is 5.75 Å². The molecule has 3 aliphatic rings. The number of alkyl halides is 5. The summed E-state index contributed by atoms with van der Waals surface area (Å²) in [6.07, 6.45) is 4.30. The van der Waals surface area contributed by atoms with Crippen LogP contribution in [0.1, 0.15) is 140 Å². The number of carbonyl (C=O) groups excluding carboxylic acids is 2. The molecule has 0 bridgehead atoms. The molecular formula is C46H64F5NO6S. The summed E-state index contributed by atoms with van der Waals surface area (Å²) in [7, 11) is 0. The summed E-state index contributed by atoms with van der Waals surface area (Å²) in [6, 6.07) is 14.4. The molecule has 2 aromatic rings. The number of amides is 1. The number of halogens is 5. The molecule has 0 spiro atoms. The number of nitrogens with one attached hydrogen (secondary N) is 1. The van der Waals surface area contributed by atoms with Crippen LogP contribution in [0.5, 0.6) is 5.75 Å². The smallest absolute Gasteiger partial charge is 0.453 e. The number of unbranched alkanes of at least 4 members (excludes halogenated alkanes) is 6. The van der Waals surface area contributed by atoms with E-state index in [1.54, 1.807) is 20.8 Å². The van der Waals surface area contributed by atoms with Gasteiger partial charge in [0.2, 0.25) is 0 Å². The number of carbonyl (C=O) groups is 2. The number of fused-ring (bicyclic) bond motifs is 5. The van der Waals surface area contributed by atoms with Crippen molar-refractivity contribution in [3.63, 3.8) is 0 Å². The van der Waals surface area contributed by atoms with Gasteiger partial charge in [0.15, 0.2) is 0 Å². The summed E-state index contributed by atoms with van der Waals surface area (Å²) in [5.41, 5.74) is 2.55. The molecule has 7 nitrogen and oxygen atoms in total. The van der Waals surface area contributed by atoms with E-state index in [-0.39, 0.29) is 23.7 Å². The number of rotatable bonds is 19. The van der Waals surface area contributed by atoms with Crippen LogP contribution in [0, 0.1) is 23.2 Å². The SMILES string of the molecule is CC(C)(C)OC(=O)C(Cc1ccccc1)NC(=O)Oc1ccc2c(c1)C[C@@H](CCCCCCCCC[S+]([O-])CCCC(F)(F)C(F)(F)F)[C@@H]1C2CC[C@]2(C)[C@@H](O)CC[C@@H]12. The van der Waals surface area contributed by atoms with E-state index >= 15 is 0 Å². The molecule has 59 heavy (non-hydrogen) atoms. The maximum Gasteiger partial charge on any atom is 0.453 e. The predicted octanol–water partition coefficient (Wildman–Crippen LogP) is 11.0. The summed E-state index contributed by atoms with van der Waals surface area (Å²) in [4.78, 5) is 26.5. The Morgan fingerprint density at radius 3 is 2.25 bits per heavy atom. The van der Waals surface area contributed by atoms with Gasteiger partial charge in [0.1, 0.15) is 28.9 Å². The number of hydrogen-bond donors (Lipinski definition) is 2. The molecule has 330 valence electrons. The maximum absolute atomic E-state index is 13.3. The van der Waals surface area contributed by atoms with E-state index in [9.17, 15) is 41.2 Å². The quantitative estimate of drug-likeness (QED) is 0.0631. The van der Waals surface area contributed by atoms with Gasteiger partial charge >= 0.3 is 24.2 Å². The molecule has 13 heteroatoms. The predicted molar refractivity (Wildman–Crippen MR) is 220 cm³/mol. The van der Waals surface area contributed by atoms with Gasteiger partial charge < -0.3 is 24.4 Å². The molecule has 3 unspecified atom stereocenters.